The Labute approximate surface area is 262 Å². The Morgan fingerprint density at radius 3 is 2.09 bits per heavy atom. The number of hydrogen-bond acceptors (Lipinski definition) is 3. The van der Waals surface area contributed by atoms with Crippen LogP contribution in [0.3, 0.4) is 0 Å². The molecule has 0 atom stereocenters. The molecule has 0 aromatic heterocycles. The summed E-state index contributed by atoms with van der Waals surface area (Å²) in [5.74, 6) is -3.17. The molecule has 0 N–H and O–H groups in total. The van der Waals surface area contributed by atoms with Gasteiger partial charge in [0.05, 0.1) is 25.5 Å². The summed E-state index contributed by atoms with van der Waals surface area (Å²) < 4.78 is 102. The van der Waals surface area contributed by atoms with Gasteiger partial charge in [-0.2, -0.15) is 8.78 Å². The number of hydrogen-bond donors (Lipinski definition) is 0. The van der Waals surface area contributed by atoms with E-state index >= 15 is 4.39 Å². The maximum absolute atomic E-state index is 15.3. The third-order valence-corrected chi connectivity index (χ3v) is 10.2. The van der Waals surface area contributed by atoms with E-state index in [1.165, 1.54) is 57.4 Å². The van der Waals surface area contributed by atoms with E-state index in [0.717, 1.165) is 5.92 Å². The molecule has 0 unspecified atom stereocenters. The van der Waals surface area contributed by atoms with Gasteiger partial charge in [-0.05, 0) is 74.0 Å². The van der Waals surface area contributed by atoms with Gasteiger partial charge >= 0.3 is 6.11 Å². The van der Waals surface area contributed by atoms with Gasteiger partial charge < -0.3 is 14.2 Å². The van der Waals surface area contributed by atoms with Crippen molar-refractivity contribution in [2.24, 2.45) is 23.7 Å². The maximum atomic E-state index is 15.3. The lowest BCUT2D eigenvalue weighted by molar-refractivity contribution is -0.222. The zero-order valence-corrected chi connectivity index (χ0v) is 25.9. The van der Waals surface area contributed by atoms with Crippen molar-refractivity contribution in [3.8, 4) is 5.75 Å². The van der Waals surface area contributed by atoms with Crippen molar-refractivity contribution >= 4 is 6.08 Å². The van der Waals surface area contributed by atoms with E-state index in [9.17, 15) is 22.0 Å². The normalized spacial score (nSPS) is 28.0. The Balaban J connectivity index is 1.10. The van der Waals surface area contributed by atoms with Crippen molar-refractivity contribution in [2.45, 2.75) is 102 Å². The molecule has 3 nitrogen and oxygen atoms in total. The molecule has 9 heteroatoms. The van der Waals surface area contributed by atoms with Crippen LogP contribution in [0, 0.1) is 41.1 Å². The fourth-order valence-corrected chi connectivity index (χ4v) is 7.46. The highest BCUT2D eigenvalue weighted by atomic mass is 19.3. The summed E-state index contributed by atoms with van der Waals surface area (Å²) in [5.41, 5.74) is 0.389. The molecule has 1 heterocycles. The monoisotopic (exact) mass is 638 g/mol. The van der Waals surface area contributed by atoms with Crippen LogP contribution in [0.5, 0.6) is 5.75 Å². The third-order valence-electron chi connectivity index (χ3n) is 10.2. The molecule has 1 saturated heterocycles. The first-order chi connectivity index (χ1) is 21.7. The van der Waals surface area contributed by atoms with Crippen molar-refractivity contribution in [1.29, 1.82) is 0 Å². The number of halogens is 6. The van der Waals surface area contributed by atoms with Gasteiger partial charge in [0.15, 0.2) is 6.29 Å². The topological polar surface area (TPSA) is 27.7 Å². The highest BCUT2D eigenvalue weighted by Crippen LogP contribution is 2.45. The molecule has 1 aliphatic heterocycles. The van der Waals surface area contributed by atoms with Crippen LogP contribution in [0.25, 0.3) is 6.08 Å². The largest absolute Gasteiger partial charge is 0.432 e. The summed E-state index contributed by atoms with van der Waals surface area (Å²) >= 11 is 0. The molecule has 3 fully saturated rings. The lowest BCUT2D eigenvalue weighted by Crippen LogP contribution is -2.37. The Morgan fingerprint density at radius 1 is 0.822 bits per heavy atom. The van der Waals surface area contributed by atoms with E-state index in [1.807, 2.05) is 0 Å². The Hall–Kier alpha value is -2.52. The second-order valence-corrected chi connectivity index (χ2v) is 13.1. The molecule has 5 rings (SSSR count). The van der Waals surface area contributed by atoms with Crippen LogP contribution in [-0.2, 0) is 9.47 Å². The fraction of sp³-hybridized carbons (Fsp3) is 0.611. The first kappa shape index (κ1) is 33.8. The Morgan fingerprint density at radius 2 is 1.49 bits per heavy atom. The molecular formula is C36H44F6O3. The molecule has 0 amide bonds. The van der Waals surface area contributed by atoms with Gasteiger partial charge in [0, 0.05) is 29.2 Å². The van der Waals surface area contributed by atoms with E-state index in [1.54, 1.807) is 12.1 Å². The van der Waals surface area contributed by atoms with Gasteiger partial charge in [0.25, 0.3) is 0 Å². The predicted octanol–water partition coefficient (Wildman–Crippen LogP) is 11.0. The molecule has 45 heavy (non-hydrogen) atoms. The number of benzene rings is 2. The van der Waals surface area contributed by atoms with Crippen LogP contribution in [0.15, 0.2) is 36.7 Å². The van der Waals surface area contributed by atoms with E-state index in [4.69, 9.17) is 14.2 Å². The summed E-state index contributed by atoms with van der Waals surface area (Å²) in [6.07, 6.45) is 7.14. The molecule has 2 saturated carbocycles. The number of ether oxygens (including phenoxy) is 3. The van der Waals surface area contributed by atoms with Crippen molar-refractivity contribution in [3.63, 3.8) is 0 Å². The van der Waals surface area contributed by atoms with E-state index in [2.05, 4.69) is 6.92 Å². The van der Waals surface area contributed by atoms with E-state index in [0.29, 0.717) is 67.2 Å². The first-order valence-corrected chi connectivity index (χ1v) is 16.5. The predicted molar refractivity (Wildman–Crippen MR) is 161 cm³/mol. The van der Waals surface area contributed by atoms with Crippen LogP contribution in [0.2, 0.25) is 0 Å². The lowest BCUT2D eigenvalue weighted by atomic mass is 9.74. The highest BCUT2D eigenvalue weighted by molar-refractivity contribution is 5.51. The highest BCUT2D eigenvalue weighted by Gasteiger charge is 2.44. The second-order valence-electron chi connectivity index (χ2n) is 13.1. The molecule has 3 aliphatic rings. The first-order valence-electron chi connectivity index (χ1n) is 16.5. The SMILES string of the molecule is CCCCCC1CCC(C2COC(c3ccc(C4CCC(C(F)(F)Oc5cc(F)c(/C=C/F)c(F)c5)CC4)c(F)c3)OC2)CC1. The van der Waals surface area contributed by atoms with Crippen LogP contribution in [0.1, 0.15) is 113 Å². The van der Waals surface area contributed by atoms with Gasteiger partial charge in [0.2, 0.25) is 0 Å². The molecule has 2 aromatic rings. The van der Waals surface area contributed by atoms with Gasteiger partial charge in [-0.3, -0.25) is 0 Å². The fourth-order valence-electron chi connectivity index (χ4n) is 7.46. The van der Waals surface area contributed by atoms with Gasteiger partial charge in [-0.25, -0.2) is 17.6 Å². The zero-order valence-electron chi connectivity index (χ0n) is 25.9. The molecule has 2 aromatic carbocycles. The van der Waals surface area contributed by atoms with Gasteiger partial charge in [-0.15, -0.1) is 0 Å². The third kappa shape index (κ3) is 8.45. The van der Waals surface area contributed by atoms with Crippen molar-refractivity contribution in [3.05, 3.63) is 70.8 Å². The standard InChI is InChI=1S/C36H44F6O3/c1-2-3-4-5-23-6-8-24(9-7-23)27-21-43-35(44-22-27)26-12-15-30(32(38)18-26)25-10-13-28(14-11-25)36(41,42)45-29-19-33(39)31(16-17-37)34(40)20-29/h12,15-20,23-25,27-28,35H,2-11,13-14,21-22H2,1H3/b17-16+. The van der Waals surface area contributed by atoms with E-state index < -0.39 is 47.1 Å². The summed E-state index contributed by atoms with van der Waals surface area (Å²) in [6, 6.07) is 6.13. The smallest absolute Gasteiger partial charge is 0.400 e. The number of unbranched alkanes of at least 4 members (excludes halogenated alkanes) is 2. The zero-order chi connectivity index (χ0) is 32.0. The van der Waals surface area contributed by atoms with Crippen molar-refractivity contribution in [1.82, 2.24) is 0 Å². The minimum Gasteiger partial charge on any atom is -0.432 e. The van der Waals surface area contributed by atoms with Crippen molar-refractivity contribution < 1.29 is 40.6 Å². The van der Waals surface area contributed by atoms with Crippen LogP contribution in [-0.4, -0.2) is 19.3 Å². The Kier molecular flexibility index (Phi) is 11.6. The average Bonchev–Trinajstić information content (AvgIpc) is 3.03. The van der Waals surface area contributed by atoms with E-state index in [-0.39, 0.29) is 25.1 Å². The van der Waals surface area contributed by atoms with Crippen molar-refractivity contribution in [2.75, 3.05) is 13.2 Å². The molecule has 0 bridgehead atoms. The van der Waals surface area contributed by atoms with Crippen LogP contribution < -0.4 is 4.74 Å². The molecule has 0 radical (unpaired) electrons. The lowest BCUT2D eigenvalue weighted by Gasteiger charge is -2.38. The maximum Gasteiger partial charge on any atom is 0.400 e. The molecule has 2 aliphatic carbocycles. The summed E-state index contributed by atoms with van der Waals surface area (Å²) in [4.78, 5) is 0. The second kappa shape index (κ2) is 15.4. The quantitative estimate of drug-likeness (QED) is 0.181. The van der Waals surface area contributed by atoms with Crippen LogP contribution >= 0.6 is 0 Å². The summed E-state index contributed by atoms with van der Waals surface area (Å²) in [7, 11) is 0. The van der Waals surface area contributed by atoms with Crippen LogP contribution in [0.4, 0.5) is 26.3 Å². The average molecular weight is 639 g/mol. The minimum atomic E-state index is -3.69. The summed E-state index contributed by atoms with van der Waals surface area (Å²) in [5, 5.41) is 0. The molecular weight excluding hydrogens is 594 g/mol. The Bertz CT molecular complexity index is 1250. The number of alkyl halides is 2. The molecule has 0 spiro atoms. The summed E-state index contributed by atoms with van der Waals surface area (Å²) in [6.45, 7) is 3.43. The molecule has 248 valence electrons. The minimum absolute atomic E-state index is 0.0427. The van der Waals surface area contributed by atoms with Gasteiger partial charge in [-0.1, -0.05) is 57.6 Å². The van der Waals surface area contributed by atoms with Gasteiger partial charge in [0.1, 0.15) is 23.2 Å². The number of rotatable bonds is 11.